The molecule has 0 aliphatic rings. The minimum absolute atomic E-state index is 0.378. The van der Waals surface area contributed by atoms with Crippen molar-refractivity contribution in [2.75, 3.05) is 0 Å². The highest BCUT2D eigenvalue weighted by molar-refractivity contribution is 7.84. The standard InChI is InChI=1S/C16H17N3OS/c1-3-12-5-6-13(17-9-12)10-21(20)16-18-14-7-4-11(2)8-15(14)19-16/h4-9H,3,10H2,1-2H3,(H,18,19). The maximum Gasteiger partial charge on any atom is 0.197 e. The second kappa shape index (κ2) is 5.77. The number of benzene rings is 1. The van der Waals surface area contributed by atoms with Crippen LogP contribution in [0.1, 0.15) is 23.7 Å². The predicted octanol–water partition coefficient (Wildman–Crippen LogP) is 3.14. The molecule has 1 N–H and O–H groups in total. The zero-order chi connectivity index (χ0) is 14.8. The predicted molar refractivity (Wildman–Crippen MR) is 84.6 cm³/mol. The summed E-state index contributed by atoms with van der Waals surface area (Å²) in [6.45, 7) is 4.11. The van der Waals surface area contributed by atoms with Crippen LogP contribution in [0.4, 0.5) is 0 Å². The molecule has 3 rings (SSSR count). The van der Waals surface area contributed by atoms with E-state index in [0.717, 1.165) is 28.7 Å². The van der Waals surface area contributed by atoms with E-state index >= 15 is 0 Å². The number of rotatable bonds is 4. The molecule has 0 bridgehead atoms. The molecule has 0 spiro atoms. The Morgan fingerprint density at radius 1 is 1.24 bits per heavy atom. The summed E-state index contributed by atoms with van der Waals surface area (Å²) in [4.78, 5) is 11.9. The molecule has 0 amide bonds. The highest BCUT2D eigenvalue weighted by atomic mass is 32.2. The van der Waals surface area contributed by atoms with E-state index < -0.39 is 10.8 Å². The smallest absolute Gasteiger partial charge is 0.197 e. The largest absolute Gasteiger partial charge is 0.331 e. The van der Waals surface area contributed by atoms with Crippen LogP contribution in [0.2, 0.25) is 0 Å². The fraction of sp³-hybridized carbons (Fsp3) is 0.250. The van der Waals surface area contributed by atoms with E-state index in [1.165, 1.54) is 5.56 Å². The molecule has 2 heterocycles. The summed E-state index contributed by atoms with van der Waals surface area (Å²) in [5.74, 6) is 0.378. The monoisotopic (exact) mass is 299 g/mol. The zero-order valence-corrected chi connectivity index (χ0v) is 12.9. The second-order valence-electron chi connectivity index (χ2n) is 5.06. The van der Waals surface area contributed by atoms with Crippen LogP contribution in [-0.4, -0.2) is 19.2 Å². The second-order valence-corrected chi connectivity index (χ2v) is 6.43. The minimum Gasteiger partial charge on any atom is -0.331 e. The molecule has 1 unspecified atom stereocenters. The Hall–Kier alpha value is -2.01. The van der Waals surface area contributed by atoms with Crippen molar-refractivity contribution in [3.8, 4) is 0 Å². The van der Waals surface area contributed by atoms with Crippen LogP contribution in [0.5, 0.6) is 0 Å². The van der Waals surface area contributed by atoms with Crippen molar-refractivity contribution >= 4 is 21.8 Å². The Labute approximate surface area is 126 Å². The number of imidazole rings is 1. The molecule has 21 heavy (non-hydrogen) atoms. The number of hydrogen-bond donors (Lipinski definition) is 1. The SMILES string of the molecule is CCc1ccc(CS(=O)c2nc3ccc(C)cc3[nH]2)nc1. The molecule has 1 atom stereocenters. The first-order valence-electron chi connectivity index (χ1n) is 6.94. The van der Waals surface area contributed by atoms with Gasteiger partial charge < -0.3 is 4.98 Å². The molecule has 3 aromatic rings. The number of aryl methyl sites for hydroxylation is 2. The van der Waals surface area contributed by atoms with Gasteiger partial charge in [0.25, 0.3) is 0 Å². The first kappa shape index (κ1) is 13.9. The summed E-state index contributed by atoms with van der Waals surface area (Å²) in [5, 5.41) is 0.511. The third-order valence-corrected chi connectivity index (χ3v) is 4.59. The number of pyridine rings is 1. The van der Waals surface area contributed by atoms with Crippen LogP contribution in [0.25, 0.3) is 11.0 Å². The number of nitrogens with one attached hydrogen (secondary N) is 1. The van der Waals surface area contributed by atoms with Crippen LogP contribution >= 0.6 is 0 Å². The molecule has 0 radical (unpaired) electrons. The van der Waals surface area contributed by atoms with Crippen molar-refractivity contribution in [2.24, 2.45) is 0 Å². The van der Waals surface area contributed by atoms with Crippen molar-refractivity contribution in [3.63, 3.8) is 0 Å². The fourth-order valence-corrected chi connectivity index (χ4v) is 3.16. The Morgan fingerprint density at radius 3 is 2.81 bits per heavy atom. The maximum absolute atomic E-state index is 12.4. The summed E-state index contributed by atoms with van der Waals surface area (Å²) in [6, 6.07) is 9.92. The van der Waals surface area contributed by atoms with Gasteiger partial charge in [0.1, 0.15) is 0 Å². The van der Waals surface area contributed by atoms with E-state index in [2.05, 4.69) is 21.9 Å². The molecule has 0 aliphatic heterocycles. The van der Waals surface area contributed by atoms with Gasteiger partial charge in [-0.05, 0) is 42.7 Å². The highest BCUT2D eigenvalue weighted by Crippen LogP contribution is 2.16. The van der Waals surface area contributed by atoms with Crippen molar-refractivity contribution in [1.82, 2.24) is 15.0 Å². The number of H-pyrrole nitrogens is 1. The van der Waals surface area contributed by atoms with Crippen molar-refractivity contribution in [2.45, 2.75) is 31.2 Å². The lowest BCUT2D eigenvalue weighted by Crippen LogP contribution is -2.00. The number of aromatic nitrogens is 3. The highest BCUT2D eigenvalue weighted by Gasteiger charge is 2.11. The molecule has 2 aromatic heterocycles. The van der Waals surface area contributed by atoms with E-state index in [9.17, 15) is 4.21 Å². The Morgan fingerprint density at radius 2 is 2.10 bits per heavy atom. The van der Waals surface area contributed by atoms with Crippen molar-refractivity contribution in [1.29, 1.82) is 0 Å². The van der Waals surface area contributed by atoms with E-state index in [1.54, 1.807) is 0 Å². The molecule has 0 saturated heterocycles. The lowest BCUT2D eigenvalue weighted by Gasteiger charge is -2.00. The van der Waals surface area contributed by atoms with Crippen LogP contribution in [0.15, 0.2) is 41.7 Å². The first-order chi connectivity index (χ1) is 10.2. The van der Waals surface area contributed by atoms with Gasteiger partial charge in [-0.2, -0.15) is 0 Å². The Bertz CT molecular complexity index is 793. The minimum atomic E-state index is -1.21. The maximum atomic E-state index is 12.4. The van der Waals surface area contributed by atoms with E-state index in [-0.39, 0.29) is 0 Å². The van der Waals surface area contributed by atoms with Crippen LogP contribution in [0.3, 0.4) is 0 Å². The molecular weight excluding hydrogens is 282 g/mol. The van der Waals surface area contributed by atoms with Crippen molar-refractivity contribution < 1.29 is 4.21 Å². The van der Waals surface area contributed by atoms with Gasteiger partial charge in [0.2, 0.25) is 0 Å². The van der Waals surface area contributed by atoms with E-state index in [4.69, 9.17) is 0 Å². The van der Waals surface area contributed by atoms with Gasteiger partial charge in [-0.25, -0.2) is 4.98 Å². The molecular formula is C16H17N3OS. The third kappa shape index (κ3) is 3.03. The van der Waals surface area contributed by atoms with Crippen LogP contribution < -0.4 is 0 Å². The van der Waals surface area contributed by atoms with Gasteiger partial charge in [0, 0.05) is 6.20 Å². The molecule has 108 valence electrons. The normalized spacial score (nSPS) is 12.7. The first-order valence-corrected chi connectivity index (χ1v) is 8.26. The zero-order valence-electron chi connectivity index (χ0n) is 12.1. The summed E-state index contributed by atoms with van der Waals surface area (Å²) >= 11 is 0. The Balaban J connectivity index is 1.82. The lowest BCUT2D eigenvalue weighted by molar-refractivity contribution is 0.677. The van der Waals surface area contributed by atoms with Gasteiger partial charge in [-0.15, -0.1) is 0 Å². The molecule has 0 aliphatic carbocycles. The molecule has 4 nitrogen and oxygen atoms in total. The fourth-order valence-electron chi connectivity index (χ4n) is 2.16. The molecule has 5 heteroatoms. The van der Waals surface area contributed by atoms with Crippen LogP contribution in [0, 0.1) is 6.92 Å². The van der Waals surface area contributed by atoms with Gasteiger partial charge in [-0.3, -0.25) is 9.19 Å². The van der Waals surface area contributed by atoms with Gasteiger partial charge in [-0.1, -0.05) is 19.1 Å². The molecule has 0 fully saturated rings. The van der Waals surface area contributed by atoms with E-state index in [1.807, 2.05) is 43.5 Å². The number of hydrogen-bond acceptors (Lipinski definition) is 3. The van der Waals surface area contributed by atoms with E-state index in [0.29, 0.717) is 10.9 Å². The average Bonchev–Trinajstić information content (AvgIpc) is 2.91. The third-order valence-electron chi connectivity index (χ3n) is 3.40. The van der Waals surface area contributed by atoms with Gasteiger partial charge in [0.05, 0.1) is 33.3 Å². The van der Waals surface area contributed by atoms with Gasteiger partial charge in [0.15, 0.2) is 5.16 Å². The summed E-state index contributed by atoms with van der Waals surface area (Å²) in [6.07, 6.45) is 2.80. The number of nitrogens with zero attached hydrogens (tertiary/aromatic N) is 2. The Kier molecular flexibility index (Phi) is 3.84. The van der Waals surface area contributed by atoms with Crippen molar-refractivity contribution in [3.05, 3.63) is 53.3 Å². The molecule has 0 saturated carbocycles. The quantitative estimate of drug-likeness (QED) is 0.805. The summed E-state index contributed by atoms with van der Waals surface area (Å²) in [7, 11) is -1.21. The summed E-state index contributed by atoms with van der Waals surface area (Å²) < 4.78 is 12.4. The lowest BCUT2D eigenvalue weighted by atomic mass is 10.2. The van der Waals surface area contributed by atoms with Crippen LogP contribution in [-0.2, 0) is 23.0 Å². The topological polar surface area (TPSA) is 58.6 Å². The summed E-state index contributed by atoms with van der Waals surface area (Å²) in [5.41, 5.74) is 4.93. The molecule has 1 aromatic carbocycles. The number of fused-ring (bicyclic) bond motifs is 1. The number of aromatic amines is 1. The average molecular weight is 299 g/mol. The van der Waals surface area contributed by atoms with Gasteiger partial charge >= 0.3 is 0 Å².